The molecule has 10 rings (SSSR count). The van der Waals surface area contributed by atoms with E-state index < -0.39 is 0 Å². The lowest BCUT2D eigenvalue weighted by Crippen LogP contribution is -1.96. The van der Waals surface area contributed by atoms with Crippen molar-refractivity contribution in [2.75, 3.05) is 0 Å². The van der Waals surface area contributed by atoms with Crippen molar-refractivity contribution < 1.29 is 0 Å². The molecule has 50 heavy (non-hydrogen) atoms. The molecule has 0 fully saturated rings. The molecule has 0 amide bonds. The van der Waals surface area contributed by atoms with Crippen molar-refractivity contribution in [3.8, 4) is 33.4 Å². The first-order chi connectivity index (χ1) is 24.7. The van der Waals surface area contributed by atoms with E-state index in [-0.39, 0.29) is 0 Å². The molecular formula is C49H34S. The quantitative estimate of drug-likeness (QED) is 0.131. The number of fused-ring (bicyclic) bond motifs is 8. The van der Waals surface area contributed by atoms with Crippen LogP contribution in [0, 0.1) is 6.92 Å². The predicted octanol–water partition coefficient (Wildman–Crippen LogP) is 14.5. The lowest BCUT2D eigenvalue weighted by molar-refractivity contribution is 1.16. The van der Waals surface area contributed by atoms with Crippen molar-refractivity contribution in [2.24, 2.45) is 0 Å². The van der Waals surface area contributed by atoms with E-state index in [0.29, 0.717) is 0 Å². The van der Waals surface area contributed by atoms with Gasteiger partial charge in [-0.25, -0.2) is 0 Å². The number of hydrogen-bond donors (Lipinski definition) is 0. The van der Waals surface area contributed by atoms with Crippen molar-refractivity contribution in [3.63, 3.8) is 0 Å². The molecule has 1 heteroatoms. The zero-order chi connectivity index (χ0) is 33.3. The van der Waals surface area contributed by atoms with Gasteiger partial charge in [0.15, 0.2) is 0 Å². The molecule has 0 saturated heterocycles. The molecular weight excluding hydrogens is 621 g/mol. The minimum Gasteiger partial charge on any atom is -0.135 e. The topological polar surface area (TPSA) is 0 Å². The van der Waals surface area contributed by atoms with E-state index in [4.69, 9.17) is 0 Å². The van der Waals surface area contributed by atoms with Gasteiger partial charge in [0.2, 0.25) is 0 Å². The first-order valence-corrected chi connectivity index (χ1v) is 18.4. The molecule has 1 aromatic heterocycles. The lowest BCUT2D eigenvalue weighted by Gasteiger charge is -2.20. The highest BCUT2D eigenvalue weighted by Crippen LogP contribution is 2.47. The van der Waals surface area contributed by atoms with E-state index in [0.717, 1.165) is 6.42 Å². The second-order valence-electron chi connectivity index (χ2n) is 13.5. The summed E-state index contributed by atoms with van der Waals surface area (Å²) in [6.45, 7) is 4.59. The van der Waals surface area contributed by atoms with Crippen LogP contribution in [0.15, 0.2) is 158 Å². The number of benzene rings is 9. The average molecular weight is 655 g/mol. The Hall–Kier alpha value is -5.76. The van der Waals surface area contributed by atoms with Crippen molar-refractivity contribution >= 4 is 74.6 Å². The van der Waals surface area contributed by atoms with Gasteiger partial charge >= 0.3 is 0 Å². The molecule has 1 heterocycles. The van der Waals surface area contributed by atoms with Crippen molar-refractivity contribution in [2.45, 2.75) is 20.3 Å². The lowest BCUT2D eigenvalue weighted by atomic mass is 9.83. The third-order valence-electron chi connectivity index (χ3n) is 10.8. The van der Waals surface area contributed by atoms with E-state index in [1.165, 1.54) is 108 Å². The Kier molecular flexibility index (Phi) is 6.66. The van der Waals surface area contributed by atoms with Crippen LogP contribution in [-0.4, -0.2) is 0 Å². The van der Waals surface area contributed by atoms with Crippen LogP contribution in [0.2, 0.25) is 0 Å². The molecule has 0 radical (unpaired) electrons. The molecule has 0 spiro atoms. The second-order valence-corrected chi connectivity index (χ2v) is 14.6. The largest absolute Gasteiger partial charge is 0.135 e. The van der Waals surface area contributed by atoms with Crippen LogP contribution in [0.4, 0.5) is 0 Å². The van der Waals surface area contributed by atoms with Gasteiger partial charge in [-0.1, -0.05) is 146 Å². The van der Waals surface area contributed by atoms with E-state index in [2.05, 4.69) is 172 Å². The van der Waals surface area contributed by atoms with Gasteiger partial charge < -0.3 is 0 Å². The Bertz CT molecular complexity index is 2920. The van der Waals surface area contributed by atoms with E-state index in [1.54, 1.807) is 0 Å². The molecule has 0 atom stereocenters. The van der Waals surface area contributed by atoms with Gasteiger partial charge in [0.05, 0.1) is 0 Å². The third kappa shape index (κ3) is 4.30. The third-order valence-corrected chi connectivity index (χ3v) is 11.9. The molecule has 9 aromatic carbocycles. The number of thiophene rings is 1. The molecule has 0 unspecified atom stereocenters. The molecule has 0 aliphatic rings. The van der Waals surface area contributed by atoms with Gasteiger partial charge in [0.1, 0.15) is 0 Å². The van der Waals surface area contributed by atoms with Crippen LogP contribution >= 0.6 is 11.3 Å². The zero-order valence-corrected chi connectivity index (χ0v) is 28.9. The fourth-order valence-electron chi connectivity index (χ4n) is 8.62. The summed E-state index contributed by atoms with van der Waals surface area (Å²) in [6, 6.07) is 58.9. The maximum Gasteiger partial charge on any atom is 0.0355 e. The molecule has 0 aliphatic heterocycles. The zero-order valence-electron chi connectivity index (χ0n) is 28.1. The fourth-order valence-corrected chi connectivity index (χ4v) is 9.71. The van der Waals surface area contributed by atoms with E-state index in [9.17, 15) is 0 Å². The Labute approximate surface area is 295 Å². The van der Waals surface area contributed by atoms with E-state index >= 15 is 0 Å². The van der Waals surface area contributed by atoms with Gasteiger partial charge in [0.25, 0.3) is 0 Å². The molecule has 0 saturated carbocycles. The summed E-state index contributed by atoms with van der Waals surface area (Å²) in [7, 11) is 0. The number of rotatable bonds is 4. The highest BCUT2D eigenvalue weighted by atomic mass is 32.1. The highest BCUT2D eigenvalue weighted by molar-refractivity contribution is 7.25. The Balaban J connectivity index is 1.22. The SMILES string of the molecule is CCc1c(-c2ccc(-c3c4ccccc4c(-c4ccc5sc6ccccc6c5c4)c4ccccc34)cc2C)c2ccccc2c2ccccc12. The van der Waals surface area contributed by atoms with Gasteiger partial charge in [-0.3, -0.25) is 0 Å². The van der Waals surface area contributed by atoms with Crippen LogP contribution in [0.25, 0.3) is 96.6 Å². The molecule has 0 bridgehead atoms. The molecule has 0 aliphatic carbocycles. The Morgan fingerprint density at radius 3 is 1.40 bits per heavy atom. The smallest absolute Gasteiger partial charge is 0.0355 e. The standard InChI is InChI=1S/C49H34S/c1-3-33-35-14-4-5-15-36(35)37-16-6-7-18-39(37)49(33)34-26-24-31(28-30(34)2)47-40-19-8-10-21-42(40)48(43-22-11-9-20-41(43)47)32-25-27-46-44(29-32)38-17-12-13-23-45(38)50-46/h4-29H,3H2,1-2H3. The van der Waals surface area contributed by atoms with Crippen molar-refractivity contribution in [1.29, 1.82) is 0 Å². The van der Waals surface area contributed by atoms with Gasteiger partial charge in [-0.05, 0) is 119 Å². The van der Waals surface area contributed by atoms with Crippen LogP contribution in [0.1, 0.15) is 18.1 Å². The molecule has 0 N–H and O–H groups in total. The van der Waals surface area contributed by atoms with Crippen molar-refractivity contribution in [3.05, 3.63) is 169 Å². The summed E-state index contributed by atoms with van der Waals surface area (Å²) in [4.78, 5) is 0. The Morgan fingerprint density at radius 1 is 0.380 bits per heavy atom. The normalized spacial score (nSPS) is 11.9. The van der Waals surface area contributed by atoms with Crippen LogP contribution in [-0.2, 0) is 6.42 Å². The monoisotopic (exact) mass is 654 g/mol. The second kappa shape index (κ2) is 11.4. The maximum absolute atomic E-state index is 2.43. The van der Waals surface area contributed by atoms with Crippen molar-refractivity contribution in [1.82, 2.24) is 0 Å². The minimum absolute atomic E-state index is 0.978. The summed E-state index contributed by atoms with van der Waals surface area (Å²) >= 11 is 1.88. The molecule has 10 aromatic rings. The summed E-state index contributed by atoms with van der Waals surface area (Å²) in [6.07, 6.45) is 0.978. The molecule has 236 valence electrons. The summed E-state index contributed by atoms with van der Waals surface area (Å²) in [5.41, 5.74) is 10.5. The van der Waals surface area contributed by atoms with Crippen LogP contribution in [0.3, 0.4) is 0 Å². The van der Waals surface area contributed by atoms with Gasteiger partial charge in [-0.15, -0.1) is 11.3 Å². The average Bonchev–Trinajstić information content (AvgIpc) is 3.54. The predicted molar refractivity (Wildman–Crippen MR) is 220 cm³/mol. The fraction of sp³-hybridized carbons (Fsp3) is 0.0612. The number of aryl methyl sites for hydroxylation is 2. The summed E-state index contributed by atoms with van der Waals surface area (Å²) in [5.74, 6) is 0. The van der Waals surface area contributed by atoms with Gasteiger partial charge in [-0.2, -0.15) is 0 Å². The first kappa shape index (κ1) is 29.2. The highest BCUT2D eigenvalue weighted by Gasteiger charge is 2.20. The summed E-state index contributed by atoms with van der Waals surface area (Å²) < 4.78 is 2.67. The van der Waals surface area contributed by atoms with Crippen LogP contribution in [0.5, 0.6) is 0 Å². The summed E-state index contributed by atoms with van der Waals surface area (Å²) in [5, 5.41) is 13.2. The van der Waals surface area contributed by atoms with Crippen LogP contribution < -0.4 is 0 Å². The maximum atomic E-state index is 2.43. The molecule has 0 nitrogen and oxygen atoms in total. The minimum atomic E-state index is 0.978. The first-order valence-electron chi connectivity index (χ1n) is 17.6. The van der Waals surface area contributed by atoms with E-state index in [1.807, 2.05) is 11.3 Å². The Morgan fingerprint density at radius 2 is 0.820 bits per heavy atom. The number of hydrogen-bond acceptors (Lipinski definition) is 1. The van der Waals surface area contributed by atoms with Gasteiger partial charge in [0, 0.05) is 20.2 Å².